The number of ether oxygens (including phenoxy) is 1. The van der Waals surface area contributed by atoms with Crippen LogP contribution < -0.4 is 0 Å². The summed E-state index contributed by atoms with van der Waals surface area (Å²) in [6, 6.07) is 0. The van der Waals surface area contributed by atoms with E-state index in [2.05, 4.69) is 6.58 Å². The van der Waals surface area contributed by atoms with E-state index >= 15 is 0 Å². The summed E-state index contributed by atoms with van der Waals surface area (Å²) in [5.41, 5.74) is 0. The minimum absolute atomic E-state index is 0.0553. The summed E-state index contributed by atoms with van der Waals surface area (Å²) in [5.74, 6) is -0.736. The van der Waals surface area contributed by atoms with Gasteiger partial charge in [-0.3, -0.25) is 9.59 Å². The van der Waals surface area contributed by atoms with Crippen LogP contribution >= 0.6 is 0 Å². The van der Waals surface area contributed by atoms with Crippen molar-refractivity contribution >= 4 is 11.8 Å². The molecule has 0 heterocycles. The van der Waals surface area contributed by atoms with Crippen molar-refractivity contribution in [2.75, 3.05) is 6.61 Å². The number of carbonyl (C=O) groups is 2. The van der Waals surface area contributed by atoms with Crippen LogP contribution in [0.2, 0.25) is 0 Å². The Balaban J connectivity index is 0.000000583. The molecule has 1 unspecified atom stereocenters. The molecule has 1 aliphatic carbocycles. The van der Waals surface area contributed by atoms with Crippen molar-refractivity contribution in [3.8, 4) is 0 Å². The van der Waals surface area contributed by atoms with Crippen LogP contribution in [0.3, 0.4) is 0 Å². The fourth-order valence-corrected chi connectivity index (χ4v) is 1.48. The van der Waals surface area contributed by atoms with Gasteiger partial charge in [0.2, 0.25) is 0 Å². The second kappa shape index (κ2) is 8.21. The van der Waals surface area contributed by atoms with Crippen molar-refractivity contribution in [1.82, 2.24) is 0 Å². The molecule has 1 aliphatic rings. The molecule has 0 radical (unpaired) electrons. The van der Waals surface area contributed by atoms with E-state index in [-0.39, 0.29) is 11.8 Å². The second-order valence-electron chi connectivity index (χ2n) is 3.42. The molecule has 0 spiro atoms. The van der Waals surface area contributed by atoms with E-state index in [0.29, 0.717) is 19.4 Å². The lowest BCUT2D eigenvalue weighted by Gasteiger charge is -2.18. The maximum atomic E-state index is 11.2. The molecule has 1 rings (SSSR count). The summed E-state index contributed by atoms with van der Waals surface area (Å²) in [6.07, 6.45) is 4.87. The summed E-state index contributed by atoms with van der Waals surface area (Å²) in [7, 11) is 0. The standard InChI is InChI=1S/C9H14O3.C3H6/c1-2-12-9(11)7-5-3-4-6-8(7)10;1-3-2/h7H,2-6H2,1H3;3H,1H2,2H3. The van der Waals surface area contributed by atoms with E-state index in [1.807, 2.05) is 6.92 Å². The van der Waals surface area contributed by atoms with Gasteiger partial charge in [-0.1, -0.05) is 12.5 Å². The number of hydrogen-bond acceptors (Lipinski definition) is 3. The molecule has 1 saturated carbocycles. The minimum atomic E-state index is -0.460. The van der Waals surface area contributed by atoms with Gasteiger partial charge in [-0.05, 0) is 26.7 Å². The van der Waals surface area contributed by atoms with Crippen molar-refractivity contribution < 1.29 is 14.3 Å². The Morgan fingerprint density at radius 1 is 1.60 bits per heavy atom. The molecule has 0 aromatic rings. The number of hydrogen-bond donors (Lipinski definition) is 0. The normalized spacial score (nSPS) is 19.9. The van der Waals surface area contributed by atoms with Gasteiger partial charge in [0.1, 0.15) is 11.7 Å². The first kappa shape index (κ1) is 13.9. The van der Waals surface area contributed by atoms with Crippen LogP contribution in [0.25, 0.3) is 0 Å². The van der Waals surface area contributed by atoms with Crippen LogP contribution in [-0.2, 0) is 14.3 Å². The number of rotatable bonds is 2. The highest BCUT2D eigenvalue weighted by molar-refractivity contribution is 5.99. The van der Waals surface area contributed by atoms with Gasteiger partial charge in [-0.2, -0.15) is 0 Å². The molecule has 0 aromatic carbocycles. The predicted molar refractivity (Wildman–Crippen MR) is 59.5 cm³/mol. The van der Waals surface area contributed by atoms with E-state index in [9.17, 15) is 9.59 Å². The highest BCUT2D eigenvalue weighted by atomic mass is 16.5. The van der Waals surface area contributed by atoms with Gasteiger partial charge in [0.25, 0.3) is 0 Å². The van der Waals surface area contributed by atoms with Gasteiger partial charge in [0.15, 0.2) is 0 Å². The summed E-state index contributed by atoms with van der Waals surface area (Å²) < 4.78 is 4.79. The van der Waals surface area contributed by atoms with Gasteiger partial charge in [-0.15, -0.1) is 6.58 Å². The molecule has 1 fully saturated rings. The number of allylic oxidation sites excluding steroid dienone is 1. The van der Waals surface area contributed by atoms with Crippen LogP contribution in [-0.4, -0.2) is 18.4 Å². The molecule has 0 N–H and O–H groups in total. The molecule has 0 aliphatic heterocycles. The lowest BCUT2D eigenvalue weighted by Crippen LogP contribution is -2.28. The Hall–Kier alpha value is -1.12. The SMILES string of the molecule is C=CC.CCOC(=O)C1CCCCC1=O. The van der Waals surface area contributed by atoms with Gasteiger partial charge >= 0.3 is 5.97 Å². The average Bonchev–Trinajstić information content (AvgIpc) is 2.20. The monoisotopic (exact) mass is 212 g/mol. The first-order valence-electron chi connectivity index (χ1n) is 5.43. The third-order valence-corrected chi connectivity index (χ3v) is 2.13. The summed E-state index contributed by atoms with van der Waals surface area (Å²) >= 11 is 0. The first-order valence-corrected chi connectivity index (χ1v) is 5.43. The Kier molecular flexibility index (Phi) is 7.60. The minimum Gasteiger partial charge on any atom is -0.465 e. The summed E-state index contributed by atoms with van der Waals surface area (Å²) in [6.45, 7) is 7.37. The van der Waals surface area contributed by atoms with Gasteiger partial charge < -0.3 is 4.74 Å². The fraction of sp³-hybridized carbons (Fsp3) is 0.667. The number of esters is 1. The molecule has 0 bridgehead atoms. The highest BCUT2D eigenvalue weighted by Crippen LogP contribution is 2.21. The van der Waals surface area contributed by atoms with Crippen molar-refractivity contribution in [3.05, 3.63) is 12.7 Å². The quantitative estimate of drug-likeness (QED) is 0.401. The zero-order valence-corrected chi connectivity index (χ0v) is 9.62. The molecule has 0 saturated heterocycles. The third kappa shape index (κ3) is 5.35. The molecule has 15 heavy (non-hydrogen) atoms. The fourth-order valence-electron chi connectivity index (χ4n) is 1.48. The maximum Gasteiger partial charge on any atom is 0.316 e. The smallest absolute Gasteiger partial charge is 0.316 e. The highest BCUT2D eigenvalue weighted by Gasteiger charge is 2.29. The van der Waals surface area contributed by atoms with Gasteiger partial charge in [-0.25, -0.2) is 0 Å². The summed E-state index contributed by atoms with van der Waals surface area (Å²) in [4.78, 5) is 22.4. The van der Waals surface area contributed by atoms with Crippen LogP contribution in [0.5, 0.6) is 0 Å². The predicted octanol–water partition coefficient (Wildman–Crippen LogP) is 2.50. The van der Waals surface area contributed by atoms with E-state index in [0.717, 1.165) is 12.8 Å². The van der Waals surface area contributed by atoms with Crippen molar-refractivity contribution in [3.63, 3.8) is 0 Å². The lowest BCUT2D eigenvalue weighted by atomic mass is 9.88. The largest absolute Gasteiger partial charge is 0.465 e. The van der Waals surface area contributed by atoms with Gasteiger partial charge in [0.05, 0.1) is 6.61 Å². The molecular weight excluding hydrogens is 192 g/mol. The van der Waals surface area contributed by atoms with Crippen LogP contribution in [0.1, 0.15) is 39.5 Å². The Bertz CT molecular complexity index is 221. The number of carbonyl (C=O) groups excluding carboxylic acids is 2. The number of Topliss-reactive ketones (excluding diaryl/α,β-unsaturated/α-hetero) is 1. The van der Waals surface area contributed by atoms with E-state index in [1.54, 1.807) is 13.0 Å². The van der Waals surface area contributed by atoms with E-state index < -0.39 is 5.92 Å². The average molecular weight is 212 g/mol. The second-order valence-corrected chi connectivity index (χ2v) is 3.42. The van der Waals surface area contributed by atoms with Crippen molar-refractivity contribution in [2.45, 2.75) is 39.5 Å². The molecule has 86 valence electrons. The zero-order valence-electron chi connectivity index (χ0n) is 9.62. The maximum absolute atomic E-state index is 11.2. The third-order valence-electron chi connectivity index (χ3n) is 2.13. The molecule has 0 aromatic heterocycles. The van der Waals surface area contributed by atoms with Crippen LogP contribution in [0, 0.1) is 5.92 Å². The molecule has 3 heteroatoms. The molecule has 0 amide bonds. The van der Waals surface area contributed by atoms with Crippen molar-refractivity contribution in [2.24, 2.45) is 5.92 Å². The number of ketones is 1. The Labute approximate surface area is 91.5 Å². The topological polar surface area (TPSA) is 43.4 Å². The zero-order chi connectivity index (χ0) is 11.7. The Morgan fingerprint density at radius 3 is 2.67 bits per heavy atom. The molecular formula is C12H20O3. The summed E-state index contributed by atoms with van der Waals surface area (Å²) in [5, 5.41) is 0. The van der Waals surface area contributed by atoms with Crippen molar-refractivity contribution in [1.29, 1.82) is 0 Å². The first-order chi connectivity index (χ1) is 7.17. The van der Waals surface area contributed by atoms with E-state index in [1.165, 1.54) is 0 Å². The Morgan fingerprint density at radius 2 is 2.20 bits per heavy atom. The van der Waals surface area contributed by atoms with E-state index in [4.69, 9.17) is 4.74 Å². The molecule has 1 atom stereocenters. The van der Waals surface area contributed by atoms with Gasteiger partial charge in [0, 0.05) is 6.42 Å². The lowest BCUT2D eigenvalue weighted by molar-refractivity contribution is -0.152. The van der Waals surface area contributed by atoms with Crippen LogP contribution in [0.15, 0.2) is 12.7 Å². The molecule has 3 nitrogen and oxygen atoms in total. The van der Waals surface area contributed by atoms with Crippen LogP contribution in [0.4, 0.5) is 0 Å².